The van der Waals surface area contributed by atoms with Crippen LogP contribution in [0.1, 0.15) is 62.6 Å². The van der Waals surface area contributed by atoms with Crippen molar-refractivity contribution in [3.8, 4) is 11.8 Å². The zero-order valence-electron chi connectivity index (χ0n) is 15.0. The van der Waals surface area contributed by atoms with E-state index >= 15 is 0 Å². The molecule has 25 heavy (non-hydrogen) atoms. The highest BCUT2D eigenvalue weighted by molar-refractivity contribution is 6.36. The number of carbonyl (C=O) groups is 1. The lowest BCUT2D eigenvalue weighted by Gasteiger charge is -2.36. The van der Waals surface area contributed by atoms with Gasteiger partial charge in [0.2, 0.25) is 0 Å². The molecule has 0 aromatic heterocycles. The van der Waals surface area contributed by atoms with Crippen molar-refractivity contribution in [1.82, 2.24) is 5.32 Å². The summed E-state index contributed by atoms with van der Waals surface area (Å²) >= 11 is 6.46. The molecule has 1 saturated carbocycles. The Morgan fingerprint density at radius 2 is 2.04 bits per heavy atom. The van der Waals surface area contributed by atoms with Crippen LogP contribution in [0.4, 0.5) is 0 Å². The van der Waals surface area contributed by atoms with Crippen molar-refractivity contribution in [2.45, 2.75) is 58.4 Å². The molecule has 1 aliphatic carbocycles. The highest BCUT2D eigenvalue weighted by Gasteiger charge is 2.48. The summed E-state index contributed by atoms with van der Waals surface area (Å²) in [7, 11) is 0. The maximum Gasteiger partial charge on any atom is 0.256 e. The second-order valence-corrected chi connectivity index (χ2v) is 7.54. The largest absolute Gasteiger partial charge is 0.509 e. The fourth-order valence-electron chi connectivity index (χ4n) is 4.14. The first-order valence-corrected chi connectivity index (χ1v) is 9.29. The Hall–Kier alpha value is -1.92. The predicted octanol–water partition coefficient (Wildman–Crippen LogP) is 4.76. The highest BCUT2D eigenvalue weighted by Crippen LogP contribution is 2.45. The third-order valence-corrected chi connectivity index (χ3v) is 5.91. The Labute approximate surface area is 154 Å². The minimum atomic E-state index is -0.615. The van der Waals surface area contributed by atoms with Crippen molar-refractivity contribution in [3.63, 3.8) is 0 Å². The van der Waals surface area contributed by atoms with E-state index in [2.05, 4.69) is 24.1 Å². The molecule has 0 saturated heterocycles. The van der Waals surface area contributed by atoms with Gasteiger partial charge in [0.1, 0.15) is 5.76 Å². The number of aliphatic hydroxyl groups is 1. The van der Waals surface area contributed by atoms with Gasteiger partial charge >= 0.3 is 0 Å². The fraction of sp³-hybridized carbons (Fsp3) is 0.476. The van der Waals surface area contributed by atoms with Gasteiger partial charge in [-0.1, -0.05) is 30.9 Å². The van der Waals surface area contributed by atoms with Crippen LogP contribution in [0.3, 0.4) is 0 Å². The van der Waals surface area contributed by atoms with E-state index in [4.69, 9.17) is 11.6 Å². The summed E-state index contributed by atoms with van der Waals surface area (Å²) in [6, 6.07) is 3.66. The molecule has 4 heteroatoms. The van der Waals surface area contributed by atoms with Crippen molar-refractivity contribution in [1.29, 1.82) is 0 Å². The number of hydrogen-bond donors (Lipinski definition) is 2. The Kier molecular flexibility index (Phi) is 4.84. The lowest BCUT2D eigenvalue weighted by molar-refractivity contribution is -0.116. The minimum Gasteiger partial charge on any atom is -0.509 e. The van der Waals surface area contributed by atoms with Crippen LogP contribution in [0.25, 0.3) is 5.57 Å². The molecule has 1 fully saturated rings. The standard InChI is InChI=1S/C21H24ClNO2/c1-4-6-15-11-13(3)17(16(22)12-15)18-19(24)21(23-20(18)25)9-7-14(5-2)8-10-21/h11-12,14,24H,5,7-10H2,1-3H3,(H,23,25). The van der Waals surface area contributed by atoms with Crippen molar-refractivity contribution in [2.75, 3.05) is 0 Å². The molecular weight excluding hydrogens is 334 g/mol. The molecule has 132 valence electrons. The average Bonchev–Trinajstić information content (AvgIpc) is 2.80. The number of rotatable bonds is 2. The van der Waals surface area contributed by atoms with Crippen LogP contribution in [0.2, 0.25) is 5.02 Å². The lowest BCUT2D eigenvalue weighted by Crippen LogP contribution is -2.47. The molecule has 0 atom stereocenters. The smallest absolute Gasteiger partial charge is 0.256 e. The van der Waals surface area contributed by atoms with E-state index in [0.29, 0.717) is 22.1 Å². The third kappa shape index (κ3) is 3.04. The van der Waals surface area contributed by atoms with Crippen molar-refractivity contribution < 1.29 is 9.90 Å². The monoisotopic (exact) mass is 357 g/mol. The topological polar surface area (TPSA) is 49.3 Å². The van der Waals surface area contributed by atoms with Crippen LogP contribution >= 0.6 is 11.6 Å². The Morgan fingerprint density at radius 3 is 2.60 bits per heavy atom. The molecule has 3 nitrogen and oxygen atoms in total. The number of benzene rings is 1. The van der Waals surface area contributed by atoms with E-state index in [1.807, 2.05) is 13.0 Å². The van der Waals surface area contributed by atoms with Gasteiger partial charge in [-0.15, -0.1) is 5.92 Å². The number of nitrogens with one attached hydrogen (secondary N) is 1. The summed E-state index contributed by atoms with van der Waals surface area (Å²) < 4.78 is 0. The zero-order chi connectivity index (χ0) is 18.2. The molecular formula is C21H24ClNO2. The van der Waals surface area contributed by atoms with Gasteiger partial charge in [0.05, 0.1) is 16.1 Å². The Bertz CT molecular complexity index is 782. The first-order valence-electron chi connectivity index (χ1n) is 8.91. The summed E-state index contributed by atoms with van der Waals surface area (Å²) in [4.78, 5) is 12.7. The van der Waals surface area contributed by atoms with Crippen LogP contribution in [0.5, 0.6) is 0 Å². The summed E-state index contributed by atoms with van der Waals surface area (Å²) in [5, 5.41) is 14.5. The van der Waals surface area contributed by atoms with E-state index < -0.39 is 5.54 Å². The van der Waals surface area contributed by atoms with Gasteiger partial charge in [-0.05, 0) is 63.1 Å². The molecule has 0 radical (unpaired) electrons. The van der Waals surface area contributed by atoms with Gasteiger partial charge in [0.15, 0.2) is 0 Å². The van der Waals surface area contributed by atoms with E-state index in [1.165, 1.54) is 0 Å². The summed E-state index contributed by atoms with van der Waals surface area (Å²) in [5.41, 5.74) is 1.99. The van der Waals surface area contributed by atoms with E-state index in [1.54, 1.807) is 13.0 Å². The van der Waals surface area contributed by atoms with Gasteiger partial charge in [-0.2, -0.15) is 0 Å². The molecule has 1 aliphatic heterocycles. The summed E-state index contributed by atoms with van der Waals surface area (Å²) in [6.45, 7) is 5.86. The molecule has 1 amide bonds. The van der Waals surface area contributed by atoms with Crippen molar-refractivity contribution in [3.05, 3.63) is 39.6 Å². The molecule has 0 unspecified atom stereocenters. The maximum absolute atomic E-state index is 12.7. The van der Waals surface area contributed by atoms with E-state index in [0.717, 1.165) is 43.2 Å². The van der Waals surface area contributed by atoms with Gasteiger partial charge in [-0.25, -0.2) is 0 Å². The molecule has 1 heterocycles. The Morgan fingerprint density at radius 1 is 1.36 bits per heavy atom. The third-order valence-electron chi connectivity index (χ3n) is 5.61. The normalized spacial score (nSPS) is 25.8. The van der Waals surface area contributed by atoms with Crippen molar-refractivity contribution >= 4 is 23.1 Å². The molecule has 3 rings (SSSR count). The molecule has 2 aliphatic rings. The van der Waals surface area contributed by atoms with Gasteiger partial charge in [0.25, 0.3) is 5.91 Å². The first kappa shape index (κ1) is 17.9. The summed E-state index contributed by atoms with van der Waals surface area (Å²) in [6.07, 6.45) is 4.75. The summed E-state index contributed by atoms with van der Waals surface area (Å²) in [5.74, 6) is 6.44. The maximum atomic E-state index is 12.7. The second-order valence-electron chi connectivity index (χ2n) is 7.14. The van der Waals surface area contributed by atoms with Gasteiger partial charge in [0, 0.05) is 11.1 Å². The highest BCUT2D eigenvalue weighted by atomic mass is 35.5. The predicted molar refractivity (Wildman–Crippen MR) is 101 cm³/mol. The first-order chi connectivity index (χ1) is 11.9. The Balaban J connectivity index is 2.04. The van der Waals surface area contributed by atoms with Crippen molar-refractivity contribution in [2.24, 2.45) is 5.92 Å². The van der Waals surface area contributed by atoms with Crippen LogP contribution in [0.15, 0.2) is 17.9 Å². The lowest BCUT2D eigenvalue weighted by atomic mass is 9.75. The second kappa shape index (κ2) is 6.77. The molecule has 1 aromatic rings. The number of carbonyl (C=O) groups excluding carboxylic acids is 1. The molecule has 1 spiro atoms. The van der Waals surface area contributed by atoms with Crippen LogP contribution < -0.4 is 5.32 Å². The molecule has 0 bridgehead atoms. The number of aliphatic hydroxyl groups excluding tert-OH is 1. The number of aryl methyl sites for hydroxylation is 1. The van der Waals surface area contributed by atoms with E-state index in [-0.39, 0.29) is 11.7 Å². The average molecular weight is 358 g/mol. The zero-order valence-corrected chi connectivity index (χ0v) is 15.8. The van der Waals surface area contributed by atoms with Crippen LogP contribution in [-0.4, -0.2) is 16.6 Å². The van der Waals surface area contributed by atoms with Crippen LogP contribution in [0, 0.1) is 24.7 Å². The number of hydrogen-bond acceptors (Lipinski definition) is 2. The van der Waals surface area contributed by atoms with E-state index in [9.17, 15) is 9.90 Å². The number of halogens is 1. The fourth-order valence-corrected chi connectivity index (χ4v) is 4.50. The van der Waals surface area contributed by atoms with Gasteiger partial charge in [-0.3, -0.25) is 4.79 Å². The number of amides is 1. The van der Waals surface area contributed by atoms with Gasteiger partial charge < -0.3 is 10.4 Å². The SMILES string of the molecule is CC#Cc1cc(C)c(C2=C(O)C3(CCC(CC)CC3)NC2=O)c(Cl)c1. The molecule has 2 N–H and O–H groups in total. The minimum absolute atomic E-state index is 0.159. The quantitative estimate of drug-likeness (QED) is 0.750. The molecule has 1 aromatic carbocycles. The van der Waals surface area contributed by atoms with Crippen LogP contribution in [-0.2, 0) is 4.79 Å².